The molecular weight excluding hydrogens is 292 g/mol. The van der Waals surface area contributed by atoms with E-state index in [4.69, 9.17) is 0 Å². The van der Waals surface area contributed by atoms with Crippen LogP contribution in [0.2, 0.25) is 0 Å². The molecule has 2 aliphatic heterocycles. The number of nitrogens with one attached hydrogen (secondary N) is 2. The number of thioether (sulfide) groups is 1. The first-order chi connectivity index (χ1) is 10.6. The average molecular weight is 314 g/mol. The maximum Gasteiger partial charge on any atom is 0.231 e. The first kappa shape index (κ1) is 14.3. The summed E-state index contributed by atoms with van der Waals surface area (Å²) < 4.78 is 0. The Bertz CT molecular complexity index is 654. The van der Waals surface area contributed by atoms with Gasteiger partial charge in [-0.25, -0.2) is 0 Å². The van der Waals surface area contributed by atoms with Crippen LogP contribution in [0.5, 0.6) is 0 Å². The van der Waals surface area contributed by atoms with Gasteiger partial charge in [0, 0.05) is 0 Å². The largest absolute Gasteiger partial charge is 0.336 e. The molecule has 116 valence electrons. The standard InChI is InChI=1S/C18H22N2OS/c1-10-4-3-5-12(8-10)16-19-17(21)15-13-7-6-11(2)9-14(13)22-18(15)20-16/h3-5,8,11,15-16,18,20H,6-7,9H2,1-2H3,(H,19,21). The molecule has 0 saturated carbocycles. The van der Waals surface area contributed by atoms with E-state index >= 15 is 0 Å². The summed E-state index contributed by atoms with van der Waals surface area (Å²) in [4.78, 5) is 14.2. The second-order valence-electron chi connectivity index (χ2n) is 6.83. The third-order valence-electron chi connectivity index (χ3n) is 5.02. The number of rotatable bonds is 1. The molecule has 4 rings (SSSR count). The Labute approximate surface area is 135 Å². The molecule has 0 bridgehead atoms. The van der Waals surface area contributed by atoms with Crippen LogP contribution in [0.25, 0.3) is 0 Å². The summed E-state index contributed by atoms with van der Waals surface area (Å²) in [6.45, 7) is 4.40. The highest BCUT2D eigenvalue weighted by molar-refractivity contribution is 8.04. The molecule has 1 aromatic carbocycles. The zero-order valence-electron chi connectivity index (χ0n) is 13.1. The summed E-state index contributed by atoms with van der Waals surface area (Å²) in [6, 6.07) is 8.37. The maximum absolute atomic E-state index is 12.7. The number of fused-ring (bicyclic) bond motifs is 2. The smallest absolute Gasteiger partial charge is 0.231 e. The van der Waals surface area contributed by atoms with Crippen molar-refractivity contribution >= 4 is 17.7 Å². The second-order valence-corrected chi connectivity index (χ2v) is 8.07. The van der Waals surface area contributed by atoms with Gasteiger partial charge in [-0.2, -0.15) is 0 Å². The topological polar surface area (TPSA) is 41.1 Å². The number of hydrogen-bond donors (Lipinski definition) is 2. The minimum Gasteiger partial charge on any atom is -0.336 e. The zero-order valence-corrected chi connectivity index (χ0v) is 13.9. The van der Waals surface area contributed by atoms with Crippen LogP contribution in [-0.2, 0) is 4.79 Å². The fraction of sp³-hybridized carbons (Fsp3) is 0.500. The van der Waals surface area contributed by atoms with E-state index in [2.05, 4.69) is 48.7 Å². The Balaban J connectivity index is 1.58. The fourth-order valence-corrected chi connectivity index (χ4v) is 5.54. The van der Waals surface area contributed by atoms with E-state index in [0.29, 0.717) is 0 Å². The van der Waals surface area contributed by atoms with Crippen molar-refractivity contribution in [2.24, 2.45) is 11.8 Å². The molecule has 2 N–H and O–H groups in total. The van der Waals surface area contributed by atoms with E-state index in [0.717, 1.165) is 24.3 Å². The Hall–Kier alpha value is -1.26. The lowest BCUT2D eigenvalue weighted by molar-refractivity contribution is -0.127. The van der Waals surface area contributed by atoms with Crippen LogP contribution in [0.15, 0.2) is 34.7 Å². The minimum absolute atomic E-state index is 0.0357. The lowest BCUT2D eigenvalue weighted by Gasteiger charge is -2.35. The van der Waals surface area contributed by atoms with Crippen LogP contribution >= 0.6 is 11.8 Å². The Kier molecular flexibility index (Phi) is 3.54. The Morgan fingerprint density at radius 1 is 1.32 bits per heavy atom. The van der Waals surface area contributed by atoms with Crippen LogP contribution in [0, 0.1) is 18.8 Å². The van der Waals surface area contributed by atoms with Gasteiger partial charge in [0.15, 0.2) is 0 Å². The minimum atomic E-state index is -0.0695. The Morgan fingerprint density at radius 3 is 3.00 bits per heavy atom. The Morgan fingerprint density at radius 2 is 2.18 bits per heavy atom. The third-order valence-corrected chi connectivity index (χ3v) is 6.40. The van der Waals surface area contributed by atoms with E-state index in [9.17, 15) is 4.79 Å². The van der Waals surface area contributed by atoms with Gasteiger partial charge in [0.25, 0.3) is 0 Å². The quantitative estimate of drug-likeness (QED) is 0.834. The van der Waals surface area contributed by atoms with Gasteiger partial charge in [-0.3, -0.25) is 10.1 Å². The molecule has 1 amide bonds. The van der Waals surface area contributed by atoms with Gasteiger partial charge < -0.3 is 5.32 Å². The molecule has 4 atom stereocenters. The SMILES string of the molecule is Cc1cccc(C2NC(=O)C3C4=C(CC(C)CC4)SC3N2)c1. The number of amides is 1. The van der Waals surface area contributed by atoms with E-state index in [1.165, 1.54) is 22.5 Å². The normalized spacial score (nSPS) is 34.2. The van der Waals surface area contributed by atoms with Crippen molar-refractivity contribution in [3.05, 3.63) is 45.9 Å². The summed E-state index contributed by atoms with van der Waals surface area (Å²) in [5, 5.41) is 7.03. The lowest BCUT2D eigenvalue weighted by Crippen LogP contribution is -2.54. The maximum atomic E-state index is 12.7. The molecule has 0 aromatic heterocycles. The molecule has 1 aromatic rings. The molecule has 3 aliphatic rings. The number of hydrogen-bond acceptors (Lipinski definition) is 3. The molecule has 0 radical (unpaired) electrons. The molecule has 4 heteroatoms. The van der Waals surface area contributed by atoms with Crippen LogP contribution in [0.3, 0.4) is 0 Å². The molecule has 2 heterocycles. The molecule has 0 spiro atoms. The van der Waals surface area contributed by atoms with Crippen LogP contribution in [-0.4, -0.2) is 11.3 Å². The molecule has 1 aliphatic carbocycles. The first-order valence-corrected chi connectivity index (χ1v) is 9.01. The van der Waals surface area contributed by atoms with E-state index < -0.39 is 0 Å². The van der Waals surface area contributed by atoms with Gasteiger partial charge in [-0.05, 0) is 48.1 Å². The number of benzene rings is 1. The second kappa shape index (κ2) is 5.43. The molecule has 22 heavy (non-hydrogen) atoms. The van der Waals surface area contributed by atoms with Gasteiger partial charge in [-0.1, -0.05) is 36.8 Å². The first-order valence-electron chi connectivity index (χ1n) is 8.13. The summed E-state index contributed by atoms with van der Waals surface area (Å²) in [5.74, 6) is 0.984. The average Bonchev–Trinajstić information content (AvgIpc) is 2.84. The summed E-state index contributed by atoms with van der Waals surface area (Å²) in [5.41, 5.74) is 3.77. The predicted molar refractivity (Wildman–Crippen MR) is 90.1 cm³/mol. The highest BCUT2D eigenvalue weighted by Gasteiger charge is 2.45. The highest BCUT2D eigenvalue weighted by atomic mass is 32.2. The highest BCUT2D eigenvalue weighted by Crippen LogP contribution is 2.50. The lowest BCUT2D eigenvalue weighted by atomic mass is 9.83. The molecular formula is C18H22N2OS. The van der Waals surface area contributed by atoms with Crippen molar-refractivity contribution in [2.45, 2.75) is 44.6 Å². The van der Waals surface area contributed by atoms with Gasteiger partial charge in [0.1, 0.15) is 6.17 Å². The monoisotopic (exact) mass is 314 g/mol. The summed E-state index contributed by atoms with van der Waals surface area (Å²) in [7, 11) is 0. The number of carbonyl (C=O) groups is 1. The van der Waals surface area contributed by atoms with Gasteiger partial charge >= 0.3 is 0 Å². The molecule has 3 nitrogen and oxygen atoms in total. The molecule has 1 saturated heterocycles. The number of carbonyl (C=O) groups excluding carboxylic acids is 1. The van der Waals surface area contributed by atoms with Crippen LogP contribution in [0.1, 0.15) is 43.5 Å². The van der Waals surface area contributed by atoms with Crippen LogP contribution < -0.4 is 10.6 Å². The van der Waals surface area contributed by atoms with Gasteiger partial charge in [-0.15, -0.1) is 11.8 Å². The number of allylic oxidation sites excluding steroid dienone is 1. The number of aryl methyl sites for hydroxylation is 1. The van der Waals surface area contributed by atoms with Gasteiger partial charge in [0.2, 0.25) is 5.91 Å². The van der Waals surface area contributed by atoms with Crippen molar-refractivity contribution < 1.29 is 4.79 Å². The third kappa shape index (κ3) is 2.38. The van der Waals surface area contributed by atoms with Crippen LogP contribution in [0.4, 0.5) is 0 Å². The zero-order chi connectivity index (χ0) is 15.3. The van der Waals surface area contributed by atoms with E-state index in [1.807, 2.05) is 11.8 Å². The van der Waals surface area contributed by atoms with E-state index in [1.54, 1.807) is 0 Å². The van der Waals surface area contributed by atoms with Crippen molar-refractivity contribution in [2.75, 3.05) is 0 Å². The molecule has 4 unspecified atom stereocenters. The molecule has 1 fully saturated rings. The van der Waals surface area contributed by atoms with Gasteiger partial charge in [0.05, 0.1) is 11.3 Å². The van der Waals surface area contributed by atoms with Crippen molar-refractivity contribution in [3.63, 3.8) is 0 Å². The summed E-state index contributed by atoms with van der Waals surface area (Å²) in [6.07, 6.45) is 3.39. The van der Waals surface area contributed by atoms with Crippen molar-refractivity contribution in [1.82, 2.24) is 10.6 Å². The van der Waals surface area contributed by atoms with Crippen molar-refractivity contribution in [3.8, 4) is 0 Å². The van der Waals surface area contributed by atoms with E-state index in [-0.39, 0.29) is 23.4 Å². The fourth-order valence-electron chi connectivity index (χ4n) is 3.84. The summed E-state index contributed by atoms with van der Waals surface area (Å²) >= 11 is 1.90. The van der Waals surface area contributed by atoms with Crippen molar-refractivity contribution in [1.29, 1.82) is 0 Å². The predicted octanol–water partition coefficient (Wildman–Crippen LogP) is 3.48.